The van der Waals surface area contributed by atoms with E-state index in [-0.39, 0.29) is 11.9 Å². The van der Waals surface area contributed by atoms with Crippen LogP contribution in [-0.2, 0) is 7.05 Å². The van der Waals surface area contributed by atoms with E-state index in [2.05, 4.69) is 36.4 Å². The van der Waals surface area contributed by atoms with Crippen LogP contribution in [0.1, 0.15) is 47.2 Å². The molecule has 126 valence electrons. The van der Waals surface area contributed by atoms with Crippen LogP contribution in [0.2, 0.25) is 0 Å². The standard InChI is InChI=1S/C19H23N3OS/c1-12(2)10-16(14-8-6-5-7-9-14)20-18(23)17-11-15-13(3)21-22(4)19(15)24-17/h5-9,11-12,16H,10H2,1-4H3,(H,20,23)/t16-/m0/s1. The SMILES string of the molecule is Cc1nn(C)c2sc(C(=O)N[C@@H](CC(C)C)c3ccccc3)cc12. The van der Waals surface area contributed by atoms with Crippen molar-refractivity contribution in [2.24, 2.45) is 13.0 Å². The van der Waals surface area contributed by atoms with Crippen molar-refractivity contribution in [2.45, 2.75) is 33.2 Å². The summed E-state index contributed by atoms with van der Waals surface area (Å²) in [4.78, 5) is 14.6. The molecule has 0 unspecified atom stereocenters. The molecule has 0 aliphatic heterocycles. The molecule has 0 saturated carbocycles. The number of hydrogen-bond donors (Lipinski definition) is 1. The monoisotopic (exact) mass is 341 g/mol. The molecule has 0 aliphatic rings. The fourth-order valence-electron chi connectivity index (χ4n) is 2.98. The second kappa shape index (κ2) is 6.77. The maximum absolute atomic E-state index is 12.8. The zero-order chi connectivity index (χ0) is 17.3. The second-order valence-electron chi connectivity index (χ2n) is 6.60. The summed E-state index contributed by atoms with van der Waals surface area (Å²) >= 11 is 1.50. The summed E-state index contributed by atoms with van der Waals surface area (Å²) in [6.07, 6.45) is 0.918. The van der Waals surface area contributed by atoms with Gasteiger partial charge in [-0.1, -0.05) is 44.2 Å². The summed E-state index contributed by atoms with van der Waals surface area (Å²) in [6.45, 7) is 6.33. The number of nitrogens with zero attached hydrogens (tertiary/aromatic N) is 2. The fourth-order valence-corrected chi connectivity index (χ4v) is 4.01. The van der Waals surface area contributed by atoms with Crippen LogP contribution < -0.4 is 5.32 Å². The summed E-state index contributed by atoms with van der Waals surface area (Å²) < 4.78 is 1.84. The number of fused-ring (bicyclic) bond motifs is 1. The molecule has 1 atom stereocenters. The molecule has 24 heavy (non-hydrogen) atoms. The van der Waals surface area contributed by atoms with Crippen LogP contribution in [-0.4, -0.2) is 15.7 Å². The number of carbonyl (C=O) groups excluding carboxylic acids is 1. The molecule has 0 fully saturated rings. The maximum Gasteiger partial charge on any atom is 0.261 e. The van der Waals surface area contributed by atoms with Crippen LogP contribution >= 0.6 is 11.3 Å². The summed E-state index contributed by atoms with van der Waals surface area (Å²) in [5, 5.41) is 8.67. The van der Waals surface area contributed by atoms with Crippen LogP contribution in [0.15, 0.2) is 36.4 Å². The Balaban J connectivity index is 1.85. The lowest BCUT2D eigenvalue weighted by Gasteiger charge is -2.20. The molecule has 0 spiro atoms. The van der Waals surface area contributed by atoms with Gasteiger partial charge >= 0.3 is 0 Å². The van der Waals surface area contributed by atoms with E-state index in [4.69, 9.17) is 0 Å². The minimum atomic E-state index is -0.00916. The fraction of sp³-hybridized carbons (Fsp3) is 0.368. The Kier molecular flexibility index (Phi) is 4.71. The van der Waals surface area contributed by atoms with Gasteiger partial charge in [0.15, 0.2) is 0 Å². The van der Waals surface area contributed by atoms with E-state index in [1.807, 2.05) is 42.9 Å². The Morgan fingerprint density at radius 2 is 2.00 bits per heavy atom. The van der Waals surface area contributed by atoms with Gasteiger partial charge in [0.2, 0.25) is 0 Å². The first-order chi connectivity index (χ1) is 11.5. The molecule has 0 saturated heterocycles. The summed E-state index contributed by atoms with van der Waals surface area (Å²) in [5.74, 6) is 0.495. The average molecular weight is 341 g/mol. The van der Waals surface area contributed by atoms with Crippen molar-refractivity contribution in [3.8, 4) is 0 Å². The van der Waals surface area contributed by atoms with Crippen molar-refractivity contribution in [3.05, 3.63) is 52.5 Å². The van der Waals surface area contributed by atoms with Gasteiger partial charge in [-0.05, 0) is 30.9 Å². The predicted molar refractivity (Wildman–Crippen MR) is 99.4 cm³/mol. The highest BCUT2D eigenvalue weighted by atomic mass is 32.1. The van der Waals surface area contributed by atoms with Gasteiger partial charge in [-0.15, -0.1) is 11.3 Å². The third-order valence-corrected chi connectivity index (χ3v) is 5.33. The van der Waals surface area contributed by atoms with Gasteiger partial charge in [-0.2, -0.15) is 5.10 Å². The Morgan fingerprint density at radius 3 is 2.62 bits per heavy atom. The molecule has 1 N–H and O–H groups in total. The zero-order valence-electron chi connectivity index (χ0n) is 14.5. The zero-order valence-corrected chi connectivity index (χ0v) is 15.4. The first kappa shape index (κ1) is 16.7. The van der Waals surface area contributed by atoms with Crippen molar-refractivity contribution in [1.29, 1.82) is 0 Å². The summed E-state index contributed by atoms with van der Waals surface area (Å²) in [7, 11) is 1.92. The van der Waals surface area contributed by atoms with Crippen molar-refractivity contribution in [1.82, 2.24) is 15.1 Å². The summed E-state index contributed by atoms with van der Waals surface area (Å²) in [6, 6.07) is 12.2. The first-order valence-electron chi connectivity index (χ1n) is 8.24. The van der Waals surface area contributed by atoms with Gasteiger partial charge in [0, 0.05) is 12.4 Å². The highest BCUT2D eigenvalue weighted by Gasteiger charge is 2.20. The molecule has 1 amide bonds. The van der Waals surface area contributed by atoms with E-state index in [9.17, 15) is 4.79 Å². The van der Waals surface area contributed by atoms with Gasteiger partial charge in [-0.25, -0.2) is 0 Å². The van der Waals surface area contributed by atoms with E-state index >= 15 is 0 Å². The summed E-state index contributed by atoms with van der Waals surface area (Å²) in [5.41, 5.74) is 2.11. The number of benzene rings is 1. The lowest BCUT2D eigenvalue weighted by Crippen LogP contribution is -2.28. The lowest BCUT2D eigenvalue weighted by molar-refractivity contribution is 0.0936. The minimum Gasteiger partial charge on any atom is -0.345 e. The van der Waals surface area contributed by atoms with Crippen LogP contribution in [0, 0.1) is 12.8 Å². The van der Waals surface area contributed by atoms with E-state index in [1.165, 1.54) is 11.3 Å². The molecule has 2 aromatic heterocycles. The number of hydrogen-bond acceptors (Lipinski definition) is 3. The number of rotatable bonds is 5. The van der Waals surface area contributed by atoms with Crippen LogP contribution in [0.5, 0.6) is 0 Å². The van der Waals surface area contributed by atoms with E-state index < -0.39 is 0 Å². The lowest BCUT2D eigenvalue weighted by atomic mass is 9.97. The number of carbonyl (C=O) groups is 1. The molecule has 0 radical (unpaired) electrons. The molecule has 1 aromatic carbocycles. The quantitative estimate of drug-likeness (QED) is 0.745. The van der Waals surface area contributed by atoms with Gasteiger partial charge in [0.25, 0.3) is 5.91 Å². The normalized spacial score (nSPS) is 12.7. The number of nitrogens with one attached hydrogen (secondary N) is 1. The van der Waals surface area contributed by atoms with E-state index in [1.54, 1.807) is 0 Å². The molecule has 3 rings (SSSR count). The smallest absolute Gasteiger partial charge is 0.261 e. The Bertz CT molecular complexity index is 814. The molecule has 2 heterocycles. The van der Waals surface area contributed by atoms with Crippen molar-refractivity contribution >= 4 is 27.5 Å². The van der Waals surface area contributed by atoms with Gasteiger partial charge in [0.05, 0.1) is 16.6 Å². The molecule has 0 aliphatic carbocycles. The number of aryl methyl sites for hydroxylation is 2. The van der Waals surface area contributed by atoms with Gasteiger partial charge < -0.3 is 5.32 Å². The third kappa shape index (κ3) is 3.36. The van der Waals surface area contributed by atoms with Crippen LogP contribution in [0.25, 0.3) is 10.2 Å². The maximum atomic E-state index is 12.8. The van der Waals surface area contributed by atoms with Crippen LogP contribution in [0.4, 0.5) is 0 Å². The average Bonchev–Trinajstić information content (AvgIpc) is 3.09. The van der Waals surface area contributed by atoms with E-state index in [0.717, 1.165) is 32.8 Å². The highest BCUT2D eigenvalue weighted by Crippen LogP contribution is 2.29. The Labute approximate surface area is 146 Å². The minimum absolute atomic E-state index is 0.00916. The first-order valence-corrected chi connectivity index (χ1v) is 9.06. The molecule has 4 nitrogen and oxygen atoms in total. The van der Waals surface area contributed by atoms with Crippen molar-refractivity contribution in [2.75, 3.05) is 0 Å². The number of aromatic nitrogens is 2. The Hall–Kier alpha value is -2.14. The topological polar surface area (TPSA) is 46.9 Å². The Morgan fingerprint density at radius 1 is 1.29 bits per heavy atom. The number of thiophene rings is 1. The van der Waals surface area contributed by atoms with E-state index in [0.29, 0.717) is 5.92 Å². The molecular weight excluding hydrogens is 318 g/mol. The third-order valence-electron chi connectivity index (χ3n) is 4.13. The molecular formula is C19H23N3OS. The second-order valence-corrected chi connectivity index (χ2v) is 7.64. The largest absolute Gasteiger partial charge is 0.345 e. The molecule has 3 aromatic rings. The molecule has 0 bridgehead atoms. The van der Waals surface area contributed by atoms with Crippen LogP contribution in [0.3, 0.4) is 0 Å². The van der Waals surface area contributed by atoms with Gasteiger partial charge in [-0.3, -0.25) is 9.48 Å². The van der Waals surface area contributed by atoms with Crippen molar-refractivity contribution in [3.63, 3.8) is 0 Å². The molecule has 5 heteroatoms. The van der Waals surface area contributed by atoms with Crippen molar-refractivity contribution < 1.29 is 4.79 Å². The highest BCUT2D eigenvalue weighted by molar-refractivity contribution is 7.20. The number of amides is 1. The van der Waals surface area contributed by atoms with Gasteiger partial charge in [0.1, 0.15) is 4.83 Å². The predicted octanol–water partition coefficient (Wildman–Crippen LogP) is 4.46.